The van der Waals surface area contributed by atoms with Gasteiger partial charge in [0.2, 0.25) is 0 Å². The van der Waals surface area contributed by atoms with Crippen LogP contribution in [0.2, 0.25) is 0 Å². The standard InChI is InChI=1S/C19H26O/c1-14(2)8-6-9-15(3)12-13-19(20)18-11-7-10-16(4)17(18)5/h6-14,19-20H,1-5H3/b8-6+,13-12+,15-9+/t19-/m1/s1. The van der Waals surface area contributed by atoms with Crippen molar-refractivity contribution < 1.29 is 5.11 Å². The topological polar surface area (TPSA) is 20.2 Å². The molecule has 1 atom stereocenters. The van der Waals surface area contributed by atoms with Crippen LogP contribution in [0.15, 0.2) is 54.2 Å². The maximum Gasteiger partial charge on any atom is 0.0977 e. The van der Waals surface area contributed by atoms with Crippen LogP contribution in [0.3, 0.4) is 0 Å². The summed E-state index contributed by atoms with van der Waals surface area (Å²) in [5, 5.41) is 10.3. The number of benzene rings is 1. The molecule has 0 saturated carbocycles. The normalized spacial score (nSPS) is 14.7. The fourth-order valence-corrected chi connectivity index (χ4v) is 1.93. The van der Waals surface area contributed by atoms with Crippen LogP contribution >= 0.6 is 0 Å². The summed E-state index contributed by atoms with van der Waals surface area (Å²) in [4.78, 5) is 0. The third kappa shape index (κ3) is 5.18. The summed E-state index contributed by atoms with van der Waals surface area (Å²) >= 11 is 0. The Morgan fingerprint density at radius 3 is 2.50 bits per heavy atom. The molecule has 1 nitrogen and oxygen atoms in total. The fraction of sp³-hybridized carbons (Fsp3) is 0.368. The van der Waals surface area contributed by atoms with Gasteiger partial charge in [-0.05, 0) is 43.4 Å². The second kappa shape index (κ2) is 7.86. The van der Waals surface area contributed by atoms with Gasteiger partial charge in [-0.15, -0.1) is 0 Å². The van der Waals surface area contributed by atoms with E-state index in [1.54, 1.807) is 0 Å². The molecule has 0 aromatic heterocycles. The molecule has 20 heavy (non-hydrogen) atoms. The van der Waals surface area contributed by atoms with Crippen molar-refractivity contribution in [1.29, 1.82) is 0 Å². The lowest BCUT2D eigenvalue weighted by molar-refractivity contribution is 0.228. The summed E-state index contributed by atoms with van der Waals surface area (Å²) in [6.07, 6.45) is 9.54. The Morgan fingerprint density at radius 2 is 1.85 bits per heavy atom. The molecule has 0 unspecified atom stereocenters. The number of rotatable bonds is 5. The monoisotopic (exact) mass is 270 g/mol. The Hall–Kier alpha value is -1.60. The average molecular weight is 270 g/mol. The zero-order valence-corrected chi connectivity index (χ0v) is 13.2. The number of allylic oxidation sites excluding steroid dienone is 5. The minimum Gasteiger partial charge on any atom is -0.384 e. The van der Waals surface area contributed by atoms with Crippen molar-refractivity contribution in [3.05, 3.63) is 70.8 Å². The molecule has 0 heterocycles. The van der Waals surface area contributed by atoms with Gasteiger partial charge >= 0.3 is 0 Å². The Balaban J connectivity index is 2.77. The Bertz CT molecular complexity index is 519. The van der Waals surface area contributed by atoms with Gasteiger partial charge in [0.05, 0.1) is 6.10 Å². The highest BCUT2D eigenvalue weighted by atomic mass is 16.3. The molecule has 1 aromatic rings. The van der Waals surface area contributed by atoms with Crippen molar-refractivity contribution in [2.75, 3.05) is 0 Å². The highest BCUT2D eigenvalue weighted by Gasteiger charge is 2.07. The number of hydrogen-bond acceptors (Lipinski definition) is 1. The first-order chi connectivity index (χ1) is 9.41. The zero-order valence-electron chi connectivity index (χ0n) is 13.2. The van der Waals surface area contributed by atoms with E-state index in [9.17, 15) is 5.11 Å². The van der Waals surface area contributed by atoms with Gasteiger partial charge in [0, 0.05) is 0 Å². The summed E-state index contributed by atoms with van der Waals surface area (Å²) < 4.78 is 0. The Labute approximate surface area is 123 Å². The van der Waals surface area contributed by atoms with Crippen molar-refractivity contribution in [3.63, 3.8) is 0 Å². The molecule has 0 radical (unpaired) electrons. The van der Waals surface area contributed by atoms with Crippen molar-refractivity contribution in [3.8, 4) is 0 Å². The predicted molar refractivity (Wildman–Crippen MR) is 87.8 cm³/mol. The van der Waals surface area contributed by atoms with Gasteiger partial charge in [-0.1, -0.05) is 68.0 Å². The van der Waals surface area contributed by atoms with E-state index in [-0.39, 0.29) is 0 Å². The van der Waals surface area contributed by atoms with Crippen molar-refractivity contribution in [2.45, 2.75) is 40.7 Å². The number of aliphatic hydroxyl groups excluding tert-OH is 1. The maximum absolute atomic E-state index is 10.3. The molecule has 0 spiro atoms. The summed E-state index contributed by atoms with van der Waals surface area (Å²) in [5.74, 6) is 0.559. The van der Waals surface area contributed by atoms with Gasteiger partial charge < -0.3 is 5.11 Å². The molecule has 0 aliphatic carbocycles. The molecule has 0 fully saturated rings. The van der Waals surface area contributed by atoms with Crippen LogP contribution < -0.4 is 0 Å². The summed E-state index contributed by atoms with van der Waals surface area (Å²) in [6.45, 7) is 10.5. The van der Waals surface area contributed by atoms with Gasteiger partial charge in [0.15, 0.2) is 0 Å². The van der Waals surface area contributed by atoms with E-state index < -0.39 is 6.10 Å². The van der Waals surface area contributed by atoms with Gasteiger partial charge in [0.25, 0.3) is 0 Å². The van der Waals surface area contributed by atoms with E-state index in [4.69, 9.17) is 0 Å². The van der Waals surface area contributed by atoms with Crippen LogP contribution in [0.4, 0.5) is 0 Å². The largest absolute Gasteiger partial charge is 0.384 e. The molecular weight excluding hydrogens is 244 g/mol. The quantitative estimate of drug-likeness (QED) is 0.742. The molecule has 1 heteroatoms. The first-order valence-electron chi connectivity index (χ1n) is 7.19. The van der Waals surface area contributed by atoms with Crippen LogP contribution in [-0.2, 0) is 0 Å². The minimum absolute atomic E-state index is 0.549. The third-order valence-corrected chi connectivity index (χ3v) is 3.36. The van der Waals surface area contributed by atoms with Gasteiger partial charge in [-0.3, -0.25) is 0 Å². The molecule has 108 valence electrons. The fourth-order valence-electron chi connectivity index (χ4n) is 1.93. The lowest BCUT2D eigenvalue weighted by Gasteiger charge is -2.11. The number of aryl methyl sites for hydroxylation is 1. The van der Waals surface area contributed by atoms with E-state index in [2.05, 4.69) is 52.0 Å². The van der Waals surface area contributed by atoms with Crippen LogP contribution in [-0.4, -0.2) is 5.11 Å². The predicted octanol–water partition coefficient (Wildman–Crippen LogP) is 5.05. The van der Waals surface area contributed by atoms with E-state index in [0.29, 0.717) is 5.92 Å². The Kier molecular flexibility index (Phi) is 6.47. The van der Waals surface area contributed by atoms with Crippen LogP contribution in [0.1, 0.15) is 43.6 Å². The van der Waals surface area contributed by atoms with E-state index in [1.807, 2.05) is 31.2 Å². The number of hydrogen-bond donors (Lipinski definition) is 1. The van der Waals surface area contributed by atoms with E-state index >= 15 is 0 Å². The van der Waals surface area contributed by atoms with Crippen LogP contribution in [0, 0.1) is 19.8 Å². The first-order valence-corrected chi connectivity index (χ1v) is 7.19. The molecule has 1 aromatic carbocycles. The smallest absolute Gasteiger partial charge is 0.0977 e. The SMILES string of the molecule is CC(/C=C/[C@@H](O)c1cccc(C)c1C)=C\C=C\C(C)C. The summed E-state index contributed by atoms with van der Waals surface area (Å²) in [6, 6.07) is 6.04. The van der Waals surface area contributed by atoms with E-state index in [1.165, 1.54) is 5.56 Å². The molecule has 0 amide bonds. The maximum atomic E-state index is 10.3. The minimum atomic E-state index is -0.549. The van der Waals surface area contributed by atoms with Crippen LogP contribution in [0.5, 0.6) is 0 Å². The van der Waals surface area contributed by atoms with Gasteiger partial charge in [-0.25, -0.2) is 0 Å². The second-order valence-corrected chi connectivity index (χ2v) is 5.63. The molecule has 0 bridgehead atoms. The summed E-state index contributed by atoms with van der Waals surface area (Å²) in [5.41, 5.74) is 4.48. The molecule has 1 rings (SSSR count). The highest BCUT2D eigenvalue weighted by Crippen LogP contribution is 2.21. The lowest BCUT2D eigenvalue weighted by atomic mass is 9.98. The Morgan fingerprint density at radius 1 is 1.15 bits per heavy atom. The second-order valence-electron chi connectivity index (χ2n) is 5.63. The molecule has 0 aliphatic rings. The zero-order chi connectivity index (χ0) is 15.1. The van der Waals surface area contributed by atoms with Crippen LogP contribution in [0.25, 0.3) is 0 Å². The first kappa shape index (κ1) is 16.5. The summed E-state index contributed by atoms with van der Waals surface area (Å²) in [7, 11) is 0. The third-order valence-electron chi connectivity index (χ3n) is 3.36. The molecule has 1 N–H and O–H groups in total. The van der Waals surface area contributed by atoms with Crippen molar-refractivity contribution >= 4 is 0 Å². The molecular formula is C19H26O. The van der Waals surface area contributed by atoms with Crippen molar-refractivity contribution in [2.24, 2.45) is 5.92 Å². The molecule has 0 aliphatic heterocycles. The van der Waals surface area contributed by atoms with Crippen molar-refractivity contribution in [1.82, 2.24) is 0 Å². The lowest BCUT2D eigenvalue weighted by Crippen LogP contribution is -1.98. The van der Waals surface area contributed by atoms with Gasteiger partial charge in [0.1, 0.15) is 0 Å². The molecule has 0 saturated heterocycles. The van der Waals surface area contributed by atoms with Gasteiger partial charge in [-0.2, -0.15) is 0 Å². The number of aliphatic hydroxyl groups is 1. The van der Waals surface area contributed by atoms with E-state index in [0.717, 1.165) is 16.7 Å². The highest BCUT2D eigenvalue weighted by molar-refractivity contribution is 5.37. The average Bonchev–Trinajstić information content (AvgIpc) is 2.38.